The van der Waals surface area contributed by atoms with Crippen LogP contribution in [0.3, 0.4) is 0 Å². The number of hydrogen-bond acceptors (Lipinski definition) is 5. The third kappa shape index (κ3) is 3.23. The van der Waals surface area contributed by atoms with Crippen LogP contribution in [0.15, 0.2) is 17.0 Å². The summed E-state index contributed by atoms with van der Waals surface area (Å²) >= 11 is 0. The topological polar surface area (TPSA) is 86.5 Å². The third-order valence-corrected chi connectivity index (χ3v) is 3.02. The maximum Gasteiger partial charge on any atom is 0.387 e. The maximum atomic E-state index is 13.3. The first-order valence-electron chi connectivity index (χ1n) is 4.00. The average Bonchev–Trinajstić information content (AvgIpc) is 2.17. The Hall–Kier alpha value is -1.55. The summed E-state index contributed by atoms with van der Waals surface area (Å²) in [5.41, 5.74) is -1.27. The van der Waals surface area contributed by atoms with E-state index in [1.807, 2.05) is 0 Å². The van der Waals surface area contributed by atoms with Crippen molar-refractivity contribution in [3.63, 3.8) is 0 Å². The van der Waals surface area contributed by atoms with E-state index in [4.69, 9.17) is 10.7 Å². The third-order valence-electron chi connectivity index (χ3n) is 1.68. The van der Waals surface area contributed by atoms with Gasteiger partial charge in [-0.1, -0.05) is 0 Å². The van der Waals surface area contributed by atoms with Gasteiger partial charge in [-0.05, 0) is 6.07 Å². The molecule has 0 saturated carbocycles. The Morgan fingerprint density at radius 1 is 1.39 bits per heavy atom. The van der Waals surface area contributed by atoms with Crippen molar-refractivity contribution in [1.82, 2.24) is 0 Å². The highest BCUT2D eigenvalue weighted by Gasteiger charge is 2.27. The molecule has 11 heteroatoms. The number of nitro groups is 1. The van der Waals surface area contributed by atoms with Gasteiger partial charge in [-0.15, -0.1) is 0 Å². The molecule has 1 aromatic rings. The number of halogens is 4. The number of nitro benzene ring substituents is 1. The second-order valence-corrected chi connectivity index (χ2v) is 5.39. The molecule has 0 amide bonds. The summed E-state index contributed by atoms with van der Waals surface area (Å²) in [5.74, 6) is -3.00. The molecule has 0 saturated heterocycles. The van der Waals surface area contributed by atoms with Gasteiger partial charge < -0.3 is 4.74 Å². The predicted molar refractivity (Wildman–Crippen MR) is 52.7 cm³/mol. The van der Waals surface area contributed by atoms with Crippen molar-refractivity contribution in [2.45, 2.75) is 11.5 Å². The van der Waals surface area contributed by atoms with E-state index in [9.17, 15) is 31.7 Å². The van der Waals surface area contributed by atoms with Gasteiger partial charge in [0, 0.05) is 16.7 Å². The largest absolute Gasteiger partial charge is 0.424 e. The van der Waals surface area contributed by atoms with Gasteiger partial charge in [-0.25, -0.2) is 12.8 Å². The fourth-order valence-corrected chi connectivity index (χ4v) is 1.80. The minimum atomic E-state index is -4.44. The average molecular weight is 306 g/mol. The van der Waals surface area contributed by atoms with E-state index >= 15 is 0 Å². The molecule has 1 aromatic carbocycles. The molecule has 0 aromatic heterocycles. The molecule has 0 N–H and O–H groups in total. The second-order valence-electron chi connectivity index (χ2n) is 2.83. The van der Waals surface area contributed by atoms with Crippen molar-refractivity contribution in [2.24, 2.45) is 0 Å². The molecule has 100 valence electrons. The summed E-state index contributed by atoms with van der Waals surface area (Å²) in [5, 5.41) is 10.5. The van der Waals surface area contributed by atoms with E-state index in [-0.39, 0.29) is 6.07 Å². The van der Waals surface area contributed by atoms with Gasteiger partial charge in [0.05, 0.1) is 9.82 Å². The van der Waals surface area contributed by atoms with Crippen molar-refractivity contribution < 1.29 is 31.2 Å². The van der Waals surface area contributed by atoms with E-state index in [2.05, 4.69) is 4.74 Å². The number of hydrogen-bond donors (Lipinski definition) is 0. The quantitative estimate of drug-likeness (QED) is 0.484. The van der Waals surface area contributed by atoms with Crippen LogP contribution in [0.5, 0.6) is 5.75 Å². The summed E-state index contributed by atoms with van der Waals surface area (Å²) in [6, 6.07) is 0.566. The van der Waals surface area contributed by atoms with E-state index in [1.54, 1.807) is 0 Å². The second kappa shape index (κ2) is 4.98. The summed E-state index contributed by atoms with van der Waals surface area (Å²) in [7, 11) is 0.417. The molecule has 0 heterocycles. The Kier molecular flexibility index (Phi) is 4.02. The van der Waals surface area contributed by atoms with E-state index < -0.39 is 42.7 Å². The maximum absolute atomic E-state index is 13.3. The smallest absolute Gasteiger partial charge is 0.387 e. The van der Waals surface area contributed by atoms with Crippen LogP contribution in [-0.4, -0.2) is 20.0 Å². The standard InChI is InChI=1S/C7H3ClF3NO5S/c8-18(15,16)3-1-4(9)6(17-7(10)11)5(2-3)12(13)14/h1-2,7H. The molecule has 0 fully saturated rings. The van der Waals surface area contributed by atoms with E-state index in [0.29, 0.717) is 6.07 Å². The molecule has 6 nitrogen and oxygen atoms in total. The summed E-state index contributed by atoms with van der Waals surface area (Å²) in [6.07, 6.45) is 0. The number of benzene rings is 1. The van der Waals surface area contributed by atoms with Crippen LogP contribution in [0, 0.1) is 15.9 Å². The summed E-state index contributed by atoms with van der Waals surface area (Å²) in [4.78, 5) is 8.30. The minimum Gasteiger partial charge on any atom is -0.424 e. The molecular formula is C7H3ClF3NO5S. The summed E-state index contributed by atoms with van der Waals surface area (Å²) in [6.45, 7) is -3.50. The van der Waals surface area contributed by atoms with Gasteiger partial charge in [0.15, 0.2) is 5.82 Å². The van der Waals surface area contributed by atoms with Crippen LogP contribution in [0.2, 0.25) is 0 Å². The molecule has 18 heavy (non-hydrogen) atoms. The Morgan fingerprint density at radius 3 is 2.33 bits per heavy atom. The zero-order chi connectivity index (χ0) is 14.1. The Morgan fingerprint density at radius 2 is 1.94 bits per heavy atom. The van der Waals surface area contributed by atoms with Gasteiger partial charge in [0.25, 0.3) is 9.05 Å². The lowest BCUT2D eigenvalue weighted by molar-refractivity contribution is -0.386. The lowest BCUT2D eigenvalue weighted by Gasteiger charge is -2.07. The molecule has 0 bridgehead atoms. The Balaban J connectivity index is 3.51. The van der Waals surface area contributed by atoms with Crippen molar-refractivity contribution in [3.05, 3.63) is 28.1 Å². The highest BCUT2D eigenvalue weighted by Crippen LogP contribution is 2.34. The SMILES string of the molecule is O=[N+]([O-])c1cc(S(=O)(=O)Cl)cc(F)c1OC(F)F. The van der Waals surface area contributed by atoms with E-state index in [1.165, 1.54) is 0 Å². The monoisotopic (exact) mass is 305 g/mol. The molecule has 0 spiro atoms. The molecular weight excluding hydrogens is 303 g/mol. The fourth-order valence-electron chi connectivity index (χ4n) is 1.04. The van der Waals surface area contributed by atoms with Crippen molar-refractivity contribution >= 4 is 25.4 Å². The molecule has 0 aliphatic rings. The van der Waals surface area contributed by atoms with E-state index in [0.717, 1.165) is 0 Å². The molecule has 0 aliphatic carbocycles. The number of rotatable bonds is 4. The highest BCUT2D eigenvalue weighted by molar-refractivity contribution is 8.13. The Labute approximate surface area is 102 Å². The lowest BCUT2D eigenvalue weighted by atomic mass is 10.3. The van der Waals surface area contributed by atoms with Gasteiger partial charge in [0.2, 0.25) is 5.75 Å². The molecule has 0 radical (unpaired) electrons. The molecule has 0 atom stereocenters. The number of alkyl halides is 2. The van der Waals surface area contributed by atoms with Crippen LogP contribution in [0.1, 0.15) is 0 Å². The molecule has 1 rings (SSSR count). The minimum absolute atomic E-state index is 0.243. The van der Waals surface area contributed by atoms with Crippen LogP contribution in [0.4, 0.5) is 18.9 Å². The number of ether oxygens (including phenoxy) is 1. The van der Waals surface area contributed by atoms with Crippen LogP contribution >= 0.6 is 10.7 Å². The van der Waals surface area contributed by atoms with Gasteiger partial charge >= 0.3 is 12.3 Å². The van der Waals surface area contributed by atoms with Crippen LogP contribution < -0.4 is 4.74 Å². The first-order chi connectivity index (χ1) is 8.12. The summed E-state index contributed by atoms with van der Waals surface area (Å²) < 4.78 is 62.5. The predicted octanol–water partition coefficient (Wildman–Crippen LogP) is 2.26. The van der Waals surface area contributed by atoms with Gasteiger partial charge in [-0.2, -0.15) is 8.78 Å². The van der Waals surface area contributed by atoms with Crippen molar-refractivity contribution in [3.8, 4) is 5.75 Å². The zero-order valence-electron chi connectivity index (χ0n) is 8.14. The van der Waals surface area contributed by atoms with Gasteiger partial charge in [-0.3, -0.25) is 10.1 Å². The van der Waals surface area contributed by atoms with Crippen LogP contribution in [-0.2, 0) is 9.05 Å². The van der Waals surface area contributed by atoms with Crippen molar-refractivity contribution in [1.29, 1.82) is 0 Å². The first-order valence-corrected chi connectivity index (χ1v) is 6.31. The highest BCUT2D eigenvalue weighted by atomic mass is 35.7. The normalized spacial score (nSPS) is 11.6. The molecule has 0 unspecified atom stereocenters. The number of nitrogens with zero attached hydrogens (tertiary/aromatic N) is 1. The molecule has 0 aliphatic heterocycles. The lowest BCUT2D eigenvalue weighted by Crippen LogP contribution is -2.07. The zero-order valence-corrected chi connectivity index (χ0v) is 9.71. The van der Waals surface area contributed by atoms with Crippen LogP contribution in [0.25, 0.3) is 0 Å². The first kappa shape index (κ1) is 14.5. The van der Waals surface area contributed by atoms with Crippen molar-refractivity contribution in [2.75, 3.05) is 0 Å². The Bertz CT molecular complexity index is 591. The fraction of sp³-hybridized carbons (Fsp3) is 0.143. The van der Waals surface area contributed by atoms with Gasteiger partial charge in [0.1, 0.15) is 0 Å².